The molecule has 4 nitrogen and oxygen atoms in total. The van der Waals surface area contributed by atoms with Crippen LogP contribution in [0.2, 0.25) is 0 Å². The highest BCUT2D eigenvalue weighted by atomic mass is 32.1. The molecular formula is C14H17F2N3OS. The molecule has 0 aliphatic carbocycles. The maximum atomic E-state index is 13.6. The first-order valence-corrected chi connectivity index (χ1v) is 7.46. The molecule has 114 valence electrons. The molecule has 0 aliphatic rings. The van der Waals surface area contributed by atoms with E-state index < -0.39 is 11.6 Å². The zero-order valence-corrected chi connectivity index (χ0v) is 12.6. The van der Waals surface area contributed by atoms with E-state index in [1.807, 2.05) is 0 Å². The summed E-state index contributed by atoms with van der Waals surface area (Å²) in [5.74, 6) is -1.64. The molecule has 0 unspecified atom stereocenters. The van der Waals surface area contributed by atoms with Crippen LogP contribution in [0.5, 0.6) is 0 Å². The molecule has 1 N–H and O–H groups in total. The molecule has 1 heterocycles. The summed E-state index contributed by atoms with van der Waals surface area (Å²) in [5, 5.41) is 12.9. The molecule has 1 aromatic carbocycles. The number of hydrogen-bond acceptors (Lipinski definition) is 5. The lowest BCUT2D eigenvalue weighted by Crippen LogP contribution is -2.21. The molecule has 2 aromatic rings. The Morgan fingerprint density at radius 1 is 1.19 bits per heavy atom. The van der Waals surface area contributed by atoms with Gasteiger partial charge in [0.05, 0.1) is 6.61 Å². The number of nitrogens with one attached hydrogen (secondary N) is 1. The van der Waals surface area contributed by atoms with Crippen LogP contribution in [0.4, 0.5) is 8.78 Å². The van der Waals surface area contributed by atoms with Crippen LogP contribution >= 0.6 is 11.3 Å². The third-order valence-electron chi connectivity index (χ3n) is 2.88. The van der Waals surface area contributed by atoms with Crippen LogP contribution < -0.4 is 5.32 Å². The molecule has 0 aliphatic heterocycles. The number of benzene rings is 1. The Bertz CT molecular complexity index is 577. The fourth-order valence-electron chi connectivity index (χ4n) is 1.80. The van der Waals surface area contributed by atoms with Crippen LogP contribution in [-0.4, -0.2) is 37.0 Å². The smallest absolute Gasteiger partial charge is 0.162 e. The second-order valence-electron chi connectivity index (χ2n) is 4.47. The summed E-state index contributed by atoms with van der Waals surface area (Å²) in [5.41, 5.74) is 0.302. The van der Waals surface area contributed by atoms with Crippen molar-refractivity contribution in [3.63, 3.8) is 0 Å². The van der Waals surface area contributed by atoms with E-state index in [1.54, 1.807) is 13.2 Å². The van der Waals surface area contributed by atoms with Crippen molar-refractivity contribution >= 4 is 11.3 Å². The molecule has 0 amide bonds. The van der Waals surface area contributed by atoms with Crippen LogP contribution in [0, 0.1) is 11.6 Å². The summed E-state index contributed by atoms with van der Waals surface area (Å²) < 4.78 is 31.6. The zero-order chi connectivity index (χ0) is 15.1. The number of nitrogens with zero attached hydrogens (tertiary/aromatic N) is 2. The van der Waals surface area contributed by atoms with E-state index in [4.69, 9.17) is 4.74 Å². The maximum absolute atomic E-state index is 13.6. The molecule has 0 saturated carbocycles. The van der Waals surface area contributed by atoms with Gasteiger partial charge in [-0.1, -0.05) is 12.1 Å². The standard InChI is InChI=1S/C14H17F2N3OS/c1-20-8-7-17-6-5-12-18-19-13(21-12)9-10-3-2-4-11(15)14(10)16/h2-4,17H,5-9H2,1H3. The summed E-state index contributed by atoms with van der Waals surface area (Å²) in [4.78, 5) is 0. The van der Waals surface area contributed by atoms with Gasteiger partial charge >= 0.3 is 0 Å². The van der Waals surface area contributed by atoms with E-state index >= 15 is 0 Å². The fourth-order valence-corrected chi connectivity index (χ4v) is 2.67. The monoisotopic (exact) mass is 313 g/mol. The molecule has 0 radical (unpaired) electrons. The normalized spacial score (nSPS) is 11.0. The van der Waals surface area contributed by atoms with Crippen molar-refractivity contribution in [2.24, 2.45) is 0 Å². The highest BCUT2D eigenvalue weighted by Crippen LogP contribution is 2.18. The van der Waals surface area contributed by atoms with Crippen molar-refractivity contribution in [1.29, 1.82) is 0 Å². The van der Waals surface area contributed by atoms with Gasteiger partial charge in [-0.2, -0.15) is 0 Å². The van der Waals surface area contributed by atoms with Gasteiger partial charge in [0.15, 0.2) is 11.6 Å². The van der Waals surface area contributed by atoms with E-state index in [0.29, 0.717) is 17.2 Å². The SMILES string of the molecule is COCCNCCc1nnc(Cc2cccc(F)c2F)s1. The minimum absolute atomic E-state index is 0.262. The highest BCUT2D eigenvalue weighted by Gasteiger charge is 2.11. The Morgan fingerprint density at radius 3 is 2.81 bits per heavy atom. The third-order valence-corrected chi connectivity index (χ3v) is 3.86. The quantitative estimate of drug-likeness (QED) is 0.759. The number of hydrogen-bond donors (Lipinski definition) is 1. The van der Waals surface area contributed by atoms with E-state index in [1.165, 1.54) is 17.4 Å². The highest BCUT2D eigenvalue weighted by molar-refractivity contribution is 7.11. The van der Waals surface area contributed by atoms with Crippen LogP contribution in [0.25, 0.3) is 0 Å². The van der Waals surface area contributed by atoms with Gasteiger partial charge in [-0.05, 0) is 11.6 Å². The summed E-state index contributed by atoms with van der Waals surface area (Å²) in [7, 11) is 1.66. The molecule has 21 heavy (non-hydrogen) atoms. The molecule has 0 fully saturated rings. The summed E-state index contributed by atoms with van der Waals surface area (Å²) in [6.07, 6.45) is 1.02. The van der Waals surface area contributed by atoms with Crippen LogP contribution in [0.3, 0.4) is 0 Å². The van der Waals surface area contributed by atoms with Gasteiger partial charge in [0.2, 0.25) is 0 Å². The average molecular weight is 313 g/mol. The molecular weight excluding hydrogens is 296 g/mol. The van der Waals surface area contributed by atoms with Crippen molar-refractivity contribution < 1.29 is 13.5 Å². The van der Waals surface area contributed by atoms with E-state index in [-0.39, 0.29) is 6.42 Å². The molecule has 2 rings (SSSR count). The first-order chi connectivity index (χ1) is 10.2. The van der Waals surface area contributed by atoms with Crippen LogP contribution in [0.15, 0.2) is 18.2 Å². The molecule has 7 heteroatoms. The predicted molar refractivity (Wildman–Crippen MR) is 77.5 cm³/mol. The molecule has 0 bridgehead atoms. The predicted octanol–water partition coefficient (Wildman–Crippen LogP) is 2.19. The third kappa shape index (κ3) is 4.80. The van der Waals surface area contributed by atoms with Crippen molar-refractivity contribution in [3.8, 4) is 0 Å². The van der Waals surface area contributed by atoms with Gasteiger partial charge < -0.3 is 10.1 Å². The lowest BCUT2D eigenvalue weighted by molar-refractivity contribution is 0.199. The van der Waals surface area contributed by atoms with Gasteiger partial charge in [0.25, 0.3) is 0 Å². The Hall–Kier alpha value is -1.44. The van der Waals surface area contributed by atoms with Gasteiger partial charge in [-0.15, -0.1) is 21.5 Å². The molecule has 0 spiro atoms. The lowest BCUT2D eigenvalue weighted by Gasteiger charge is -2.01. The van der Waals surface area contributed by atoms with Gasteiger partial charge in [0.1, 0.15) is 10.0 Å². The summed E-state index contributed by atoms with van der Waals surface area (Å²) in [6.45, 7) is 2.24. The van der Waals surface area contributed by atoms with Crippen molar-refractivity contribution in [2.75, 3.05) is 26.8 Å². The average Bonchev–Trinajstić information content (AvgIpc) is 2.91. The van der Waals surface area contributed by atoms with E-state index in [2.05, 4.69) is 15.5 Å². The van der Waals surface area contributed by atoms with Gasteiger partial charge in [-0.25, -0.2) is 8.78 Å². The Labute approximate surface area is 126 Å². The maximum Gasteiger partial charge on any atom is 0.162 e. The second-order valence-corrected chi connectivity index (χ2v) is 5.62. The zero-order valence-electron chi connectivity index (χ0n) is 11.7. The first kappa shape index (κ1) is 15.9. The Morgan fingerprint density at radius 2 is 2.00 bits per heavy atom. The van der Waals surface area contributed by atoms with Crippen LogP contribution in [0.1, 0.15) is 15.6 Å². The van der Waals surface area contributed by atoms with Crippen molar-refractivity contribution in [1.82, 2.24) is 15.5 Å². The number of halogens is 2. The Balaban J connectivity index is 1.87. The van der Waals surface area contributed by atoms with E-state index in [9.17, 15) is 8.78 Å². The summed E-state index contributed by atoms with van der Waals surface area (Å²) in [6, 6.07) is 4.16. The van der Waals surface area contributed by atoms with Crippen molar-refractivity contribution in [3.05, 3.63) is 45.4 Å². The van der Waals surface area contributed by atoms with Gasteiger partial charge in [-0.3, -0.25) is 0 Å². The number of aromatic nitrogens is 2. The lowest BCUT2D eigenvalue weighted by atomic mass is 10.1. The Kier molecular flexibility index (Phi) is 6.16. The summed E-state index contributed by atoms with van der Waals surface area (Å²) >= 11 is 1.42. The fraction of sp³-hybridized carbons (Fsp3) is 0.429. The van der Waals surface area contributed by atoms with Crippen LogP contribution in [-0.2, 0) is 17.6 Å². The molecule has 0 atom stereocenters. The molecule has 0 saturated heterocycles. The van der Waals surface area contributed by atoms with E-state index in [0.717, 1.165) is 30.6 Å². The largest absolute Gasteiger partial charge is 0.383 e. The topological polar surface area (TPSA) is 47.0 Å². The van der Waals surface area contributed by atoms with Crippen molar-refractivity contribution in [2.45, 2.75) is 12.8 Å². The molecule has 1 aromatic heterocycles. The number of methoxy groups -OCH3 is 1. The minimum Gasteiger partial charge on any atom is -0.383 e. The number of rotatable bonds is 8. The second kappa shape index (κ2) is 8.11. The van der Waals surface area contributed by atoms with Gasteiger partial charge in [0, 0.05) is 33.0 Å². The number of ether oxygens (including phenoxy) is 1. The first-order valence-electron chi connectivity index (χ1n) is 6.64. The minimum atomic E-state index is -0.834.